The first-order valence-electron chi connectivity index (χ1n) is 2.58. The largest absolute Gasteiger partial charge is 0.508 e. The van der Waals surface area contributed by atoms with Gasteiger partial charge in [-0.2, -0.15) is 0 Å². The van der Waals surface area contributed by atoms with Crippen LogP contribution >= 0.6 is 0 Å². The SMILES string of the molecule is C=C[C@H](C)OC(=O)OC. The van der Waals surface area contributed by atoms with Gasteiger partial charge >= 0.3 is 6.16 Å². The van der Waals surface area contributed by atoms with Gasteiger partial charge in [-0.1, -0.05) is 12.7 Å². The smallest absolute Gasteiger partial charge is 0.438 e. The number of methoxy groups -OCH3 is 1. The fourth-order valence-corrected chi connectivity index (χ4v) is 0.248. The molecule has 0 aromatic heterocycles. The van der Waals surface area contributed by atoms with Gasteiger partial charge in [0.05, 0.1) is 7.11 Å². The number of hydrogen-bond donors (Lipinski definition) is 0. The Balaban J connectivity index is 3.46. The first-order chi connectivity index (χ1) is 4.20. The molecule has 0 saturated heterocycles. The normalized spacial score (nSPS) is 11.8. The quantitative estimate of drug-likeness (QED) is 0.418. The summed E-state index contributed by atoms with van der Waals surface area (Å²) in [5.74, 6) is 0. The molecule has 3 nitrogen and oxygen atoms in total. The Bertz CT molecular complexity index is 109. The highest BCUT2D eigenvalue weighted by Crippen LogP contribution is 1.92. The zero-order valence-corrected chi connectivity index (χ0v) is 5.59. The average Bonchev–Trinajstić information content (AvgIpc) is 1.87. The third kappa shape index (κ3) is 3.58. The van der Waals surface area contributed by atoms with Gasteiger partial charge < -0.3 is 9.47 Å². The lowest BCUT2D eigenvalue weighted by Gasteiger charge is -2.05. The maximum atomic E-state index is 10.3. The van der Waals surface area contributed by atoms with Gasteiger partial charge in [-0.05, 0) is 6.92 Å². The van der Waals surface area contributed by atoms with Crippen molar-refractivity contribution in [3.63, 3.8) is 0 Å². The molecule has 0 saturated carbocycles. The molecule has 0 aliphatic rings. The van der Waals surface area contributed by atoms with E-state index in [9.17, 15) is 4.79 Å². The molecular formula is C6H10O3. The number of carbonyl (C=O) groups excluding carboxylic acids is 1. The summed E-state index contributed by atoms with van der Waals surface area (Å²) in [4.78, 5) is 10.3. The van der Waals surface area contributed by atoms with Gasteiger partial charge in [0.1, 0.15) is 6.10 Å². The number of rotatable bonds is 2. The molecule has 52 valence electrons. The van der Waals surface area contributed by atoms with Crippen molar-refractivity contribution >= 4 is 6.16 Å². The van der Waals surface area contributed by atoms with Crippen LogP contribution in [0, 0.1) is 0 Å². The maximum absolute atomic E-state index is 10.3. The van der Waals surface area contributed by atoms with E-state index >= 15 is 0 Å². The second kappa shape index (κ2) is 3.95. The molecule has 0 bridgehead atoms. The van der Waals surface area contributed by atoms with Crippen LogP contribution in [0.2, 0.25) is 0 Å². The Morgan fingerprint density at radius 3 is 2.67 bits per heavy atom. The minimum Gasteiger partial charge on any atom is -0.438 e. The molecule has 0 aliphatic carbocycles. The van der Waals surface area contributed by atoms with E-state index in [-0.39, 0.29) is 6.10 Å². The minimum absolute atomic E-state index is 0.280. The summed E-state index contributed by atoms with van der Waals surface area (Å²) in [5, 5.41) is 0. The van der Waals surface area contributed by atoms with E-state index in [1.54, 1.807) is 6.92 Å². The van der Waals surface area contributed by atoms with E-state index in [1.807, 2.05) is 0 Å². The van der Waals surface area contributed by atoms with Gasteiger partial charge in [0.25, 0.3) is 0 Å². The van der Waals surface area contributed by atoms with Crippen molar-refractivity contribution in [2.45, 2.75) is 13.0 Å². The van der Waals surface area contributed by atoms with E-state index in [0.717, 1.165) is 0 Å². The monoisotopic (exact) mass is 130 g/mol. The molecule has 0 rings (SSSR count). The third-order valence-corrected chi connectivity index (χ3v) is 0.781. The van der Waals surface area contributed by atoms with Crippen molar-refractivity contribution in [3.8, 4) is 0 Å². The fraction of sp³-hybridized carbons (Fsp3) is 0.500. The topological polar surface area (TPSA) is 35.5 Å². The van der Waals surface area contributed by atoms with Crippen molar-refractivity contribution < 1.29 is 14.3 Å². The van der Waals surface area contributed by atoms with Crippen molar-refractivity contribution in [2.75, 3.05) is 7.11 Å². The third-order valence-electron chi connectivity index (χ3n) is 0.781. The van der Waals surface area contributed by atoms with Gasteiger partial charge in [0, 0.05) is 0 Å². The minimum atomic E-state index is -0.678. The molecule has 0 heterocycles. The molecule has 0 amide bonds. The van der Waals surface area contributed by atoms with Crippen LogP contribution < -0.4 is 0 Å². The van der Waals surface area contributed by atoms with Gasteiger partial charge in [0.2, 0.25) is 0 Å². The molecule has 1 atom stereocenters. The summed E-state index contributed by atoms with van der Waals surface area (Å²) < 4.78 is 8.78. The zero-order valence-electron chi connectivity index (χ0n) is 5.59. The van der Waals surface area contributed by atoms with Crippen LogP contribution in [0.3, 0.4) is 0 Å². The van der Waals surface area contributed by atoms with Crippen LogP contribution in [0.25, 0.3) is 0 Å². The molecule has 0 spiro atoms. The molecule has 3 heteroatoms. The molecular weight excluding hydrogens is 120 g/mol. The predicted molar refractivity (Wildman–Crippen MR) is 33.1 cm³/mol. The van der Waals surface area contributed by atoms with Gasteiger partial charge in [-0.25, -0.2) is 4.79 Å². The lowest BCUT2D eigenvalue weighted by atomic mass is 10.4. The summed E-state index contributed by atoms with van der Waals surface area (Å²) in [6.45, 7) is 5.11. The van der Waals surface area contributed by atoms with E-state index < -0.39 is 6.16 Å². The van der Waals surface area contributed by atoms with Gasteiger partial charge in [-0.3, -0.25) is 0 Å². The van der Waals surface area contributed by atoms with Crippen LogP contribution in [0.4, 0.5) is 4.79 Å². The van der Waals surface area contributed by atoms with Gasteiger partial charge in [0.15, 0.2) is 0 Å². The van der Waals surface area contributed by atoms with E-state index in [4.69, 9.17) is 0 Å². The molecule has 0 radical (unpaired) electrons. The number of carbonyl (C=O) groups is 1. The van der Waals surface area contributed by atoms with E-state index in [1.165, 1.54) is 13.2 Å². The van der Waals surface area contributed by atoms with Crippen LogP contribution in [-0.2, 0) is 9.47 Å². The van der Waals surface area contributed by atoms with Gasteiger partial charge in [-0.15, -0.1) is 0 Å². The van der Waals surface area contributed by atoms with Crippen molar-refractivity contribution in [3.05, 3.63) is 12.7 Å². The summed E-state index contributed by atoms with van der Waals surface area (Å²) in [7, 11) is 1.26. The van der Waals surface area contributed by atoms with E-state index in [0.29, 0.717) is 0 Å². The molecule has 0 aliphatic heterocycles. The van der Waals surface area contributed by atoms with E-state index in [2.05, 4.69) is 16.1 Å². The molecule has 0 aromatic carbocycles. The Hall–Kier alpha value is -0.990. The van der Waals surface area contributed by atoms with Crippen molar-refractivity contribution in [2.24, 2.45) is 0 Å². The van der Waals surface area contributed by atoms with Crippen LogP contribution in [0.5, 0.6) is 0 Å². The second-order valence-corrected chi connectivity index (χ2v) is 1.51. The molecule has 9 heavy (non-hydrogen) atoms. The molecule has 0 fully saturated rings. The number of ether oxygens (including phenoxy) is 2. The highest BCUT2D eigenvalue weighted by molar-refractivity contribution is 5.59. The lowest BCUT2D eigenvalue weighted by molar-refractivity contribution is 0.0579. The zero-order chi connectivity index (χ0) is 7.28. The Morgan fingerprint density at radius 2 is 2.33 bits per heavy atom. The highest BCUT2D eigenvalue weighted by atomic mass is 16.7. The second-order valence-electron chi connectivity index (χ2n) is 1.51. The number of hydrogen-bond acceptors (Lipinski definition) is 3. The fourth-order valence-electron chi connectivity index (χ4n) is 0.248. The predicted octanol–water partition coefficient (Wildman–Crippen LogP) is 1.34. The molecule has 0 unspecified atom stereocenters. The molecule has 0 aromatic rings. The maximum Gasteiger partial charge on any atom is 0.508 e. The van der Waals surface area contributed by atoms with Crippen LogP contribution in [0.1, 0.15) is 6.92 Å². The summed E-state index contributed by atoms with van der Waals surface area (Å²) in [5.41, 5.74) is 0. The average molecular weight is 130 g/mol. The van der Waals surface area contributed by atoms with Crippen molar-refractivity contribution in [1.82, 2.24) is 0 Å². The van der Waals surface area contributed by atoms with Crippen molar-refractivity contribution in [1.29, 1.82) is 0 Å². The standard InChI is InChI=1S/C6H10O3/c1-4-5(2)9-6(7)8-3/h4-5H,1H2,2-3H3/t5-/m0/s1. The summed E-state index contributed by atoms with van der Waals surface area (Å²) in [6, 6.07) is 0. The first kappa shape index (κ1) is 8.01. The summed E-state index contributed by atoms with van der Waals surface area (Å²) in [6.07, 6.45) is 0.552. The first-order valence-corrected chi connectivity index (χ1v) is 2.58. The Labute approximate surface area is 54.3 Å². The Morgan fingerprint density at radius 1 is 1.78 bits per heavy atom. The lowest BCUT2D eigenvalue weighted by Crippen LogP contribution is -2.11. The van der Waals surface area contributed by atoms with Crippen LogP contribution in [0.15, 0.2) is 12.7 Å². The molecule has 0 N–H and O–H groups in total. The summed E-state index contributed by atoms with van der Waals surface area (Å²) >= 11 is 0. The van der Waals surface area contributed by atoms with Crippen LogP contribution in [-0.4, -0.2) is 19.4 Å². The Kier molecular flexibility index (Phi) is 3.51. The highest BCUT2D eigenvalue weighted by Gasteiger charge is 2.02.